The van der Waals surface area contributed by atoms with Gasteiger partial charge in [0.1, 0.15) is 5.69 Å². The van der Waals surface area contributed by atoms with E-state index >= 15 is 0 Å². The predicted molar refractivity (Wildman–Crippen MR) is 65.8 cm³/mol. The maximum absolute atomic E-state index is 4.49. The van der Waals surface area contributed by atoms with E-state index in [-0.39, 0.29) is 0 Å². The van der Waals surface area contributed by atoms with Gasteiger partial charge in [0.2, 0.25) is 0 Å². The first-order chi connectivity index (χ1) is 7.09. The second-order valence-electron chi connectivity index (χ2n) is 3.74. The van der Waals surface area contributed by atoms with Crippen molar-refractivity contribution in [3.63, 3.8) is 0 Å². The van der Waals surface area contributed by atoms with Crippen molar-refractivity contribution < 1.29 is 0 Å². The van der Waals surface area contributed by atoms with E-state index in [1.807, 2.05) is 11.7 Å². The van der Waals surface area contributed by atoms with Gasteiger partial charge in [0.15, 0.2) is 0 Å². The molecule has 3 heteroatoms. The lowest BCUT2D eigenvalue weighted by atomic mass is 10.1. The fraction of sp³-hybridized carbons (Fsp3) is 0.250. The average Bonchev–Trinajstić information content (AvgIpc) is 2.46. The summed E-state index contributed by atoms with van der Waals surface area (Å²) in [4.78, 5) is 0. The van der Waals surface area contributed by atoms with Crippen molar-refractivity contribution in [1.29, 1.82) is 0 Å². The van der Waals surface area contributed by atoms with Gasteiger partial charge in [-0.1, -0.05) is 23.8 Å². The topological polar surface area (TPSA) is 17.8 Å². The molecule has 0 aliphatic carbocycles. The van der Waals surface area contributed by atoms with Gasteiger partial charge in [0.05, 0.1) is 4.47 Å². The number of aromatic nitrogens is 2. The number of aryl methyl sites for hydroxylation is 2. The Balaban J connectivity index is 2.59. The highest BCUT2D eigenvalue weighted by Crippen LogP contribution is 2.29. The zero-order valence-corrected chi connectivity index (χ0v) is 10.7. The van der Waals surface area contributed by atoms with Crippen LogP contribution in [0.3, 0.4) is 0 Å². The zero-order valence-electron chi connectivity index (χ0n) is 9.08. The third-order valence-corrected chi connectivity index (χ3v) is 3.50. The molecule has 0 fully saturated rings. The number of benzene rings is 1. The van der Waals surface area contributed by atoms with Gasteiger partial charge in [0, 0.05) is 18.3 Å². The number of halogens is 1. The molecule has 15 heavy (non-hydrogen) atoms. The predicted octanol–water partition coefficient (Wildman–Crippen LogP) is 3.47. The molecule has 2 nitrogen and oxygen atoms in total. The van der Waals surface area contributed by atoms with Crippen LogP contribution in [0.15, 0.2) is 28.7 Å². The summed E-state index contributed by atoms with van der Waals surface area (Å²) in [5, 5.41) is 4.49. The number of rotatable bonds is 1. The molecule has 0 amide bonds. The Labute approximate surface area is 98.1 Å². The molecule has 0 saturated heterocycles. The van der Waals surface area contributed by atoms with Crippen LogP contribution >= 0.6 is 15.9 Å². The van der Waals surface area contributed by atoms with Crippen molar-refractivity contribution in [3.8, 4) is 11.3 Å². The van der Waals surface area contributed by atoms with Crippen LogP contribution in [-0.2, 0) is 7.05 Å². The molecule has 1 heterocycles. The first kappa shape index (κ1) is 10.4. The largest absolute Gasteiger partial charge is 0.271 e. The minimum Gasteiger partial charge on any atom is -0.271 e. The van der Waals surface area contributed by atoms with Crippen molar-refractivity contribution in [2.45, 2.75) is 13.8 Å². The second kappa shape index (κ2) is 3.81. The van der Waals surface area contributed by atoms with Crippen LogP contribution in [0.1, 0.15) is 11.3 Å². The van der Waals surface area contributed by atoms with Crippen LogP contribution in [0.4, 0.5) is 0 Å². The Hall–Kier alpha value is -1.09. The quantitative estimate of drug-likeness (QED) is 0.772. The molecule has 0 aliphatic heterocycles. The fourth-order valence-corrected chi connectivity index (χ4v) is 2.12. The molecule has 2 rings (SSSR count). The smallest absolute Gasteiger partial charge is 0.107 e. The summed E-state index contributed by atoms with van der Waals surface area (Å²) in [5.74, 6) is 0. The SMILES string of the molecule is Cc1cccc(-c2nn(C)c(C)c2Br)c1. The summed E-state index contributed by atoms with van der Waals surface area (Å²) in [7, 11) is 1.96. The first-order valence-corrected chi connectivity index (χ1v) is 5.65. The van der Waals surface area contributed by atoms with Crippen LogP contribution in [0.2, 0.25) is 0 Å². The second-order valence-corrected chi connectivity index (χ2v) is 4.53. The normalized spacial score (nSPS) is 10.7. The van der Waals surface area contributed by atoms with Crippen LogP contribution in [0.25, 0.3) is 11.3 Å². The lowest BCUT2D eigenvalue weighted by molar-refractivity contribution is 0.742. The van der Waals surface area contributed by atoms with Gasteiger partial charge < -0.3 is 0 Å². The van der Waals surface area contributed by atoms with Crippen LogP contribution in [0.5, 0.6) is 0 Å². The average molecular weight is 265 g/mol. The Morgan fingerprint density at radius 1 is 1.27 bits per heavy atom. The number of nitrogens with zero attached hydrogens (tertiary/aromatic N) is 2. The highest BCUT2D eigenvalue weighted by atomic mass is 79.9. The minimum absolute atomic E-state index is 1.01. The molecule has 0 bridgehead atoms. The third kappa shape index (κ3) is 1.84. The van der Waals surface area contributed by atoms with Gasteiger partial charge >= 0.3 is 0 Å². The Morgan fingerprint density at radius 2 is 2.00 bits per heavy atom. The molecule has 0 spiro atoms. The molecule has 1 aromatic carbocycles. The molecular weight excluding hydrogens is 252 g/mol. The Kier molecular flexibility index (Phi) is 2.65. The van der Waals surface area contributed by atoms with Crippen LogP contribution < -0.4 is 0 Å². The van der Waals surface area contributed by atoms with Crippen molar-refractivity contribution in [3.05, 3.63) is 40.0 Å². The summed E-state index contributed by atoms with van der Waals surface area (Å²) in [6.45, 7) is 4.14. The van der Waals surface area contributed by atoms with Gasteiger partial charge in [0.25, 0.3) is 0 Å². The number of hydrogen-bond acceptors (Lipinski definition) is 1. The third-order valence-electron chi connectivity index (χ3n) is 2.55. The van der Waals surface area contributed by atoms with E-state index in [1.54, 1.807) is 0 Å². The van der Waals surface area contributed by atoms with E-state index in [0.717, 1.165) is 21.4 Å². The molecular formula is C12H13BrN2. The van der Waals surface area contributed by atoms with E-state index in [9.17, 15) is 0 Å². The zero-order chi connectivity index (χ0) is 11.0. The van der Waals surface area contributed by atoms with Gasteiger partial charge in [-0.05, 0) is 35.8 Å². The minimum atomic E-state index is 1.01. The monoisotopic (exact) mass is 264 g/mol. The van der Waals surface area contributed by atoms with Gasteiger partial charge in [-0.2, -0.15) is 5.10 Å². The summed E-state index contributed by atoms with van der Waals surface area (Å²) < 4.78 is 2.97. The molecule has 78 valence electrons. The van der Waals surface area contributed by atoms with E-state index in [1.165, 1.54) is 5.56 Å². The molecule has 1 aromatic heterocycles. The van der Waals surface area contributed by atoms with Crippen molar-refractivity contribution in [1.82, 2.24) is 9.78 Å². The lowest BCUT2D eigenvalue weighted by Crippen LogP contribution is -1.92. The van der Waals surface area contributed by atoms with Crippen molar-refractivity contribution in [2.24, 2.45) is 7.05 Å². The maximum atomic E-state index is 4.49. The van der Waals surface area contributed by atoms with E-state index in [2.05, 4.69) is 59.1 Å². The van der Waals surface area contributed by atoms with E-state index in [0.29, 0.717) is 0 Å². The first-order valence-electron chi connectivity index (χ1n) is 4.85. The molecule has 0 saturated carbocycles. The molecule has 0 radical (unpaired) electrons. The summed E-state index contributed by atoms with van der Waals surface area (Å²) in [6.07, 6.45) is 0. The van der Waals surface area contributed by atoms with Gasteiger partial charge in [-0.25, -0.2) is 0 Å². The summed E-state index contributed by atoms with van der Waals surface area (Å²) >= 11 is 3.58. The Morgan fingerprint density at radius 3 is 2.53 bits per heavy atom. The van der Waals surface area contributed by atoms with Gasteiger partial charge in [-0.3, -0.25) is 4.68 Å². The maximum Gasteiger partial charge on any atom is 0.107 e. The number of hydrogen-bond donors (Lipinski definition) is 0. The molecule has 0 N–H and O–H groups in total. The molecule has 0 aliphatic rings. The van der Waals surface area contributed by atoms with Crippen molar-refractivity contribution in [2.75, 3.05) is 0 Å². The highest BCUT2D eigenvalue weighted by Gasteiger charge is 2.11. The van der Waals surface area contributed by atoms with E-state index < -0.39 is 0 Å². The standard InChI is InChI=1S/C12H13BrN2/c1-8-5-4-6-10(7-8)12-11(13)9(2)15(3)14-12/h4-7H,1-3H3. The highest BCUT2D eigenvalue weighted by molar-refractivity contribution is 9.10. The van der Waals surface area contributed by atoms with E-state index in [4.69, 9.17) is 0 Å². The molecule has 0 atom stereocenters. The Bertz CT molecular complexity index is 500. The van der Waals surface area contributed by atoms with Crippen molar-refractivity contribution >= 4 is 15.9 Å². The summed E-state index contributed by atoms with van der Waals surface area (Å²) in [5.41, 5.74) is 4.57. The molecule has 0 unspecified atom stereocenters. The summed E-state index contributed by atoms with van der Waals surface area (Å²) in [6, 6.07) is 8.38. The van der Waals surface area contributed by atoms with Gasteiger partial charge in [-0.15, -0.1) is 0 Å². The van der Waals surface area contributed by atoms with Crippen LogP contribution in [-0.4, -0.2) is 9.78 Å². The lowest BCUT2D eigenvalue weighted by Gasteiger charge is -1.99. The fourth-order valence-electron chi connectivity index (χ4n) is 1.56. The van der Waals surface area contributed by atoms with Crippen LogP contribution in [0, 0.1) is 13.8 Å². The molecule has 2 aromatic rings.